The molecule has 1 fully saturated rings. The molecule has 0 aliphatic carbocycles. The van der Waals surface area contributed by atoms with Crippen molar-refractivity contribution < 1.29 is 4.79 Å². The molecule has 0 spiro atoms. The number of halogens is 2. The van der Waals surface area contributed by atoms with Crippen molar-refractivity contribution in [3.05, 3.63) is 0 Å². The molecule has 13 heavy (non-hydrogen) atoms. The molecule has 4 heteroatoms. The van der Waals surface area contributed by atoms with Crippen LogP contribution in [0.15, 0.2) is 0 Å². The number of carbonyl (C=O) groups excluding carboxylic acids is 1. The second-order valence-electron chi connectivity index (χ2n) is 3.28. The topological polar surface area (TPSA) is 20.3 Å². The van der Waals surface area contributed by atoms with Crippen molar-refractivity contribution in [2.45, 2.75) is 24.6 Å². The summed E-state index contributed by atoms with van der Waals surface area (Å²) in [6, 6.07) is 0. The summed E-state index contributed by atoms with van der Waals surface area (Å²) in [5.74, 6) is 0.420. The molecule has 0 amide bonds. The fourth-order valence-corrected chi connectivity index (χ4v) is 0.868. The Morgan fingerprint density at radius 1 is 1.46 bits per heavy atom. The number of hydrogen-bond donors (Lipinski definition) is 0. The van der Waals surface area contributed by atoms with Gasteiger partial charge in [-0.25, -0.2) is 0 Å². The van der Waals surface area contributed by atoms with E-state index < -0.39 is 0 Å². The number of ketones is 1. The fourth-order valence-electron chi connectivity index (χ4n) is 0.868. The van der Waals surface area contributed by atoms with E-state index in [4.69, 9.17) is 0 Å². The summed E-state index contributed by atoms with van der Waals surface area (Å²) in [7, 11) is 2.05. The minimum absolute atomic E-state index is 0.420. The molecule has 0 radical (unpaired) electrons. The lowest BCUT2D eigenvalue weighted by Gasteiger charge is -2.19. The average molecular weight is 315 g/mol. The first-order valence-electron chi connectivity index (χ1n) is 4.46. The third-order valence-electron chi connectivity index (χ3n) is 1.76. The molecule has 0 saturated carbocycles. The van der Waals surface area contributed by atoms with Crippen LogP contribution in [-0.4, -0.2) is 41.0 Å². The van der Waals surface area contributed by atoms with E-state index in [9.17, 15) is 4.79 Å². The Morgan fingerprint density at radius 2 is 1.85 bits per heavy atom. The van der Waals surface area contributed by atoms with Crippen LogP contribution in [0.3, 0.4) is 0 Å². The zero-order valence-corrected chi connectivity index (χ0v) is 11.4. The summed E-state index contributed by atoms with van der Waals surface area (Å²) in [5.41, 5.74) is 0. The Labute approximate surface area is 97.3 Å². The van der Waals surface area contributed by atoms with Gasteiger partial charge in [0.2, 0.25) is 0 Å². The molecule has 0 aromatic heterocycles. The molecule has 1 aliphatic heterocycles. The van der Waals surface area contributed by atoms with Crippen LogP contribution in [0.1, 0.15) is 19.8 Å². The van der Waals surface area contributed by atoms with Gasteiger partial charge in [-0.3, -0.25) is 4.79 Å². The van der Waals surface area contributed by atoms with Gasteiger partial charge in [-0.1, -0.05) is 38.8 Å². The molecular formula is C9H17Br2NO. The summed E-state index contributed by atoms with van der Waals surface area (Å²) < 4.78 is 0. The molecule has 1 heterocycles. The zero-order valence-electron chi connectivity index (χ0n) is 8.22. The summed E-state index contributed by atoms with van der Waals surface area (Å²) >= 11 is 6.59. The molecule has 1 saturated heterocycles. The number of likely N-dealkylation sites (tertiary alicyclic amines) is 1. The highest BCUT2D eigenvalue weighted by Crippen LogP contribution is 2.01. The van der Waals surface area contributed by atoms with Crippen LogP contribution in [0.4, 0.5) is 0 Å². The van der Waals surface area contributed by atoms with Crippen LogP contribution in [-0.2, 0) is 4.79 Å². The van der Waals surface area contributed by atoms with Crippen molar-refractivity contribution in [1.82, 2.24) is 4.90 Å². The predicted octanol–water partition coefficient (Wildman–Crippen LogP) is 2.45. The highest BCUT2D eigenvalue weighted by Gasteiger charge is 2.10. The lowest BCUT2D eigenvalue weighted by Crippen LogP contribution is -2.29. The normalized spacial score (nSPS) is 20.5. The maximum absolute atomic E-state index is 10.6. The monoisotopic (exact) mass is 313 g/mol. The lowest BCUT2D eigenvalue weighted by molar-refractivity contribution is -0.121. The van der Waals surface area contributed by atoms with Gasteiger partial charge >= 0.3 is 0 Å². The number of alkyl halides is 2. The summed E-state index contributed by atoms with van der Waals surface area (Å²) in [4.78, 5) is 13.4. The number of Topliss-reactive ketones (excluding diaryl/α,β-unsaturated/α-hetero) is 1. The van der Waals surface area contributed by atoms with Gasteiger partial charge in [-0.15, -0.1) is 0 Å². The summed E-state index contributed by atoms with van der Waals surface area (Å²) in [6.45, 7) is 4.01. The molecular weight excluding hydrogens is 298 g/mol. The van der Waals surface area contributed by atoms with E-state index in [1.54, 1.807) is 0 Å². The minimum atomic E-state index is 0.420. The molecule has 0 bridgehead atoms. The lowest BCUT2D eigenvalue weighted by atomic mass is 10.1. The Kier molecular flexibility index (Phi) is 8.31. The summed E-state index contributed by atoms with van der Waals surface area (Å²) in [5, 5.41) is 1.03. The Morgan fingerprint density at radius 3 is 2.08 bits per heavy atom. The summed E-state index contributed by atoms with van der Waals surface area (Å²) in [6.07, 6.45) is 1.52. The van der Waals surface area contributed by atoms with Crippen LogP contribution in [0.2, 0.25) is 0 Å². The number of piperidine rings is 1. The highest BCUT2D eigenvalue weighted by atomic mass is 79.9. The van der Waals surface area contributed by atoms with Crippen LogP contribution < -0.4 is 0 Å². The number of rotatable bonds is 1. The largest absolute Gasteiger partial charge is 0.305 e. The van der Waals surface area contributed by atoms with Gasteiger partial charge in [0.15, 0.2) is 0 Å². The molecule has 2 nitrogen and oxygen atoms in total. The number of nitrogens with zero attached hydrogens (tertiary/aromatic N) is 1. The molecule has 1 unspecified atom stereocenters. The van der Waals surface area contributed by atoms with Crippen molar-refractivity contribution in [2.75, 3.05) is 25.5 Å². The Balaban J connectivity index is 0.000000252. The molecule has 1 atom stereocenters. The van der Waals surface area contributed by atoms with E-state index in [-0.39, 0.29) is 0 Å². The second kappa shape index (κ2) is 7.94. The van der Waals surface area contributed by atoms with Crippen molar-refractivity contribution >= 4 is 37.6 Å². The first-order valence-corrected chi connectivity index (χ1v) is 6.50. The van der Waals surface area contributed by atoms with Gasteiger partial charge < -0.3 is 4.90 Å². The van der Waals surface area contributed by atoms with E-state index in [0.29, 0.717) is 10.6 Å². The van der Waals surface area contributed by atoms with Crippen LogP contribution >= 0.6 is 31.9 Å². The fraction of sp³-hybridized carbons (Fsp3) is 0.889. The standard InChI is InChI=1S/C6H11NO.C3H6Br2/c1-7-4-2-6(8)3-5-7;1-3(5)2-4/h2-5H2,1H3;3H,2H2,1H3. The average Bonchev–Trinajstić information content (AvgIpc) is 2.11. The first-order chi connectivity index (χ1) is 6.06. The maximum Gasteiger partial charge on any atom is 0.135 e. The molecule has 1 rings (SSSR count). The van der Waals surface area contributed by atoms with Gasteiger partial charge in [-0.2, -0.15) is 0 Å². The van der Waals surface area contributed by atoms with Gasteiger partial charge in [0, 0.05) is 36.1 Å². The smallest absolute Gasteiger partial charge is 0.135 e. The zero-order chi connectivity index (χ0) is 10.3. The van der Waals surface area contributed by atoms with Crippen LogP contribution in [0.25, 0.3) is 0 Å². The van der Waals surface area contributed by atoms with Crippen molar-refractivity contribution in [3.8, 4) is 0 Å². The Hall–Kier alpha value is 0.590. The predicted molar refractivity (Wildman–Crippen MR) is 63.9 cm³/mol. The third-order valence-corrected chi connectivity index (χ3v) is 3.92. The van der Waals surface area contributed by atoms with E-state index in [2.05, 4.69) is 43.7 Å². The van der Waals surface area contributed by atoms with Gasteiger partial charge in [0.25, 0.3) is 0 Å². The van der Waals surface area contributed by atoms with E-state index in [0.717, 1.165) is 31.3 Å². The molecule has 0 aromatic carbocycles. The van der Waals surface area contributed by atoms with E-state index >= 15 is 0 Å². The molecule has 1 aliphatic rings. The van der Waals surface area contributed by atoms with Crippen LogP contribution in [0, 0.1) is 0 Å². The maximum atomic E-state index is 10.6. The van der Waals surface area contributed by atoms with Crippen molar-refractivity contribution in [1.29, 1.82) is 0 Å². The van der Waals surface area contributed by atoms with Gasteiger partial charge in [0.05, 0.1) is 0 Å². The van der Waals surface area contributed by atoms with Gasteiger partial charge in [0.1, 0.15) is 5.78 Å². The van der Waals surface area contributed by atoms with Crippen LogP contribution in [0.5, 0.6) is 0 Å². The van der Waals surface area contributed by atoms with Gasteiger partial charge in [-0.05, 0) is 7.05 Å². The molecule has 78 valence electrons. The first kappa shape index (κ1) is 13.6. The minimum Gasteiger partial charge on any atom is -0.305 e. The quantitative estimate of drug-likeness (QED) is 0.693. The van der Waals surface area contributed by atoms with E-state index in [1.165, 1.54) is 0 Å². The molecule has 0 N–H and O–H groups in total. The SMILES string of the molecule is CC(Br)CBr.CN1CCC(=O)CC1. The van der Waals surface area contributed by atoms with Crippen molar-refractivity contribution in [3.63, 3.8) is 0 Å². The third kappa shape index (κ3) is 8.91. The highest BCUT2D eigenvalue weighted by molar-refractivity contribution is 9.12. The number of hydrogen-bond acceptors (Lipinski definition) is 2. The second-order valence-corrected chi connectivity index (χ2v) is 5.49. The molecule has 0 aromatic rings. The number of carbonyl (C=O) groups is 1. The van der Waals surface area contributed by atoms with E-state index in [1.807, 2.05) is 7.05 Å². The Bertz CT molecular complexity index is 141. The van der Waals surface area contributed by atoms with Crippen molar-refractivity contribution in [2.24, 2.45) is 0 Å².